The highest BCUT2D eigenvalue weighted by molar-refractivity contribution is 8.00. The van der Waals surface area contributed by atoms with Crippen molar-refractivity contribution in [3.63, 3.8) is 0 Å². The second kappa shape index (κ2) is 9.54. The zero-order chi connectivity index (χ0) is 19.1. The normalized spacial score (nSPS) is 20.9. The van der Waals surface area contributed by atoms with Crippen molar-refractivity contribution >= 4 is 29.5 Å². The minimum Gasteiger partial charge on any atom is -0.480 e. The van der Waals surface area contributed by atoms with Crippen molar-refractivity contribution < 1.29 is 28.6 Å². The van der Waals surface area contributed by atoms with Crippen LogP contribution in [0, 0.1) is 5.82 Å². The van der Waals surface area contributed by atoms with Crippen LogP contribution in [0.4, 0.5) is 4.39 Å². The maximum absolute atomic E-state index is 13.7. The van der Waals surface area contributed by atoms with Crippen molar-refractivity contribution in [3.8, 4) is 0 Å². The summed E-state index contributed by atoms with van der Waals surface area (Å²) in [5.41, 5.74) is 0.438. The molecule has 3 N–H and O–H groups in total. The summed E-state index contributed by atoms with van der Waals surface area (Å²) >= 11 is 1.25. The second-order valence-electron chi connectivity index (χ2n) is 5.86. The zero-order valence-electron chi connectivity index (χ0n) is 14.2. The SMILES string of the molecule is COCCC(NC(=O)C1CSC(Cc2ccccc2F)C(=O)N1)C(=O)O. The number of carboxylic acids is 1. The number of halogens is 1. The average molecular weight is 384 g/mol. The summed E-state index contributed by atoms with van der Waals surface area (Å²) in [7, 11) is 1.44. The lowest BCUT2D eigenvalue weighted by molar-refractivity contribution is -0.142. The highest BCUT2D eigenvalue weighted by Gasteiger charge is 2.34. The number of aliphatic carboxylic acids is 1. The Morgan fingerprint density at radius 1 is 1.46 bits per heavy atom. The number of hydrogen-bond donors (Lipinski definition) is 3. The van der Waals surface area contributed by atoms with Crippen molar-refractivity contribution in [2.24, 2.45) is 0 Å². The number of thioether (sulfide) groups is 1. The number of hydrogen-bond acceptors (Lipinski definition) is 5. The molecule has 2 amide bonds. The third kappa shape index (κ3) is 5.43. The van der Waals surface area contributed by atoms with Gasteiger partial charge >= 0.3 is 5.97 Å². The van der Waals surface area contributed by atoms with Gasteiger partial charge in [0.05, 0.1) is 5.25 Å². The van der Waals surface area contributed by atoms with Gasteiger partial charge in [0, 0.05) is 25.9 Å². The molecule has 0 radical (unpaired) electrons. The molecule has 0 saturated carbocycles. The van der Waals surface area contributed by atoms with E-state index in [1.54, 1.807) is 18.2 Å². The van der Waals surface area contributed by atoms with Crippen LogP contribution in [0.2, 0.25) is 0 Å². The largest absolute Gasteiger partial charge is 0.480 e. The van der Waals surface area contributed by atoms with Crippen LogP contribution in [-0.4, -0.2) is 59.7 Å². The highest BCUT2D eigenvalue weighted by Crippen LogP contribution is 2.23. The van der Waals surface area contributed by atoms with Crippen molar-refractivity contribution in [2.75, 3.05) is 19.5 Å². The maximum atomic E-state index is 13.7. The molecule has 142 valence electrons. The van der Waals surface area contributed by atoms with Crippen LogP contribution in [0.25, 0.3) is 0 Å². The smallest absolute Gasteiger partial charge is 0.326 e. The van der Waals surface area contributed by atoms with Gasteiger partial charge in [0.25, 0.3) is 0 Å². The van der Waals surface area contributed by atoms with Gasteiger partial charge in [-0.1, -0.05) is 18.2 Å². The van der Waals surface area contributed by atoms with Gasteiger partial charge in [0.2, 0.25) is 11.8 Å². The number of nitrogens with one attached hydrogen (secondary N) is 2. The Kier molecular flexibility index (Phi) is 7.40. The van der Waals surface area contributed by atoms with Gasteiger partial charge in [-0.2, -0.15) is 0 Å². The van der Waals surface area contributed by atoms with Gasteiger partial charge in [-0.15, -0.1) is 11.8 Å². The Morgan fingerprint density at radius 3 is 2.81 bits per heavy atom. The molecular formula is C17H21FN2O5S. The molecule has 9 heteroatoms. The van der Waals surface area contributed by atoms with E-state index >= 15 is 0 Å². The fourth-order valence-electron chi connectivity index (χ4n) is 2.52. The molecule has 26 heavy (non-hydrogen) atoms. The Balaban J connectivity index is 1.90. The number of rotatable bonds is 8. The molecular weight excluding hydrogens is 363 g/mol. The first-order chi connectivity index (χ1) is 12.4. The Labute approximate surface area is 154 Å². The predicted molar refractivity (Wildman–Crippen MR) is 94.3 cm³/mol. The fraction of sp³-hybridized carbons (Fsp3) is 0.471. The minimum absolute atomic E-state index is 0.126. The lowest BCUT2D eigenvalue weighted by Crippen LogP contribution is -2.57. The summed E-state index contributed by atoms with van der Waals surface area (Å²) in [6, 6.07) is 4.33. The number of carbonyl (C=O) groups is 3. The van der Waals surface area contributed by atoms with Crippen LogP contribution in [0.1, 0.15) is 12.0 Å². The topological polar surface area (TPSA) is 105 Å². The summed E-state index contributed by atoms with van der Waals surface area (Å²) in [5, 5.41) is 13.6. The van der Waals surface area contributed by atoms with E-state index in [0.29, 0.717) is 5.56 Å². The first-order valence-electron chi connectivity index (χ1n) is 8.10. The van der Waals surface area contributed by atoms with Crippen LogP contribution in [0.3, 0.4) is 0 Å². The van der Waals surface area contributed by atoms with E-state index in [1.807, 2.05) is 0 Å². The number of ether oxygens (including phenoxy) is 1. The van der Waals surface area contributed by atoms with E-state index < -0.39 is 29.2 Å². The molecule has 0 aromatic heterocycles. The quantitative estimate of drug-likeness (QED) is 0.605. The molecule has 1 aromatic carbocycles. The van der Waals surface area contributed by atoms with Crippen molar-refractivity contribution in [1.82, 2.24) is 10.6 Å². The van der Waals surface area contributed by atoms with E-state index in [1.165, 1.54) is 24.9 Å². The maximum Gasteiger partial charge on any atom is 0.326 e. The van der Waals surface area contributed by atoms with Gasteiger partial charge in [-0.05, 0) is 18.1 Å². The van der Waals surface area contributed by atoms with Crippen LogP contribution < -0.4 is 10.6 Å². The summed E-state index contributed by atoms with van der Waals surface area (Å²) in [6.07, 6.45) is 0.352. The summed E-state index contributed by atoms with van der Waals surface area (Å²) in [4.78, 5) is 35.7. The lowest BCUT2D eigenvalue weighted by Gasteiger charge is -2.29. The molecule has 1 heterocycles. The molecule has 1 saturated heterocycles. The predicted octanol–water partition coefficient (Wildman–Crippen LogP) is 0.574. The number of amides is 2. The van der Waals surface area contributed by atoms with E-state index in [4.69, 9.17) is 9.84 Å². The molecule has 1 aromatic rings. The third-order valence-electron chi connectivity index (χ3n) is 3.98. The fourth-order valence-corrected chi connectivity index (χ4v) is 3.69. The average Bonchev–Trinajstić information content (AvgIpc) is 2.61. The summed E-state index contributed by atoms with van der Waals surface area (Å²) in [6.45, 7) is 0.188. The van der Waals surface area contributed by atoms with E-state index in [0.717, 1.165) is 0 Å². The van der Waals surface area contributed by atoms with Gasteiger partial charge in [0.1, 0.15) is 17.9 Å². The molecule has 7 nitrogen and oxygen atoms in total. The molecule has 0 spiro atoms. The Bertz CT molecular complexity index is 672. The van der Waals surface area contributed by atoms with Crippen molar-refractivity contribution in [1.29, 1.82) is 0 Å². The van der Waals surface area contributed by atoms with Gasteiger partial charge < -0.3 is 20.5 Å². The molecule has 3 unspecified atom stereocenters. The van der Waals surface area contributed by atoms with Crippen LogP contribution in [0.15, 0.2) is 24.3 Å². The number of carboxylic acid groups (broad SMARTS) is 1. The first-order valence-corrected chi connectivity index (χ1v) is 9.14. The number of carbonyl (C=O) groups excluding carboxylic acids is 2. The molecule has 0 bridgehead atoms. The monoisotopic (exact) mass is 384 g/mol. The lowest BCUT2D eigenvalue weighted by atomic mass is 10.1. The third-order valence-corrected chi connectivity index (χ3v) is 5.29. The summed E-state index contributed by atoms with van der Waals surface area (Å²) < 4.78 is 18.6. The molecule has 0 aliphatic carbocycles. The van der Waals surface area contributed by atoms with Crippen molar-refractivity contribution in [3.05, 3.63) is 35.6 Å². The molecule has 1 aliphatic rings. The molecule has 1 fully saturated rings. The standard InChI is InChI=1S/C17H21FN2O5S/c1-25-7-6-12(17(23)24)19-15(21)13-9-26-14(16(22)20-13)8-10-4-2-3-5-11(10)18/h2-5,12-14H,6-9H2,1H3,(H,19,21)(H,20,22)(H,23,24). The zero-order valence-corrected chi connectivity index (χ0v) is 15.1. The van der Waals surface area contributed by atoms with E-state index in [-0.39, 0.29) is 36.9 Å². The molecule has 3 atom stereocenters. The van der Waals surface area contributed by atoms with Crippen LogP contribution >= 0.6 is 11.8 Å². The van der Waals surface area contributed by atoms with Crippen LogP contribution in [0.5, 0.6) is 0 Å². The van der Waals surface area contributed by atoms with E-state index in [2.05, 4.69) is 10.6 Å². The van der Waals surface area contributed by atoms with Crippen LogP contribution in [-0.2, 0) is 25.5 Å². The van der Waals surface area contributed by atoms with Gasteiger partial charge in [0.15, 0.2) is 0 Å². The second-order valence-corrected chi connectivity index (χ2v) is 7.10. The Hall–Kier alpha value is -2.13. The highest BCUT2D eigenvalue weighted by atomic mass is 32.2. The number of methoxy groups -OCH3 is 1. The van der Waals surface area contributed by atoms with Crippen molar-refractivity contribution in [2.45, 2.75) is 30.2 Å². The Morgan fingerprint density at radius 2 is 2.19 bits per heavy atom. The molecule has 1 aliphatic heterocycles. The minimum atomic E-state index is -1.16. The molecule has 2 rings (SSSR count). The van der Waals surface area contributed by atoms with E-state index in [9.17, 15) is 18.8 Å². The van der Waals surface area contributed by atoms with Gasteiger partial charge in [-0.3, -0.25) is 9.59 Å². The summed E-state index contributed by atoms with van der Waals surface area (Å²) in [5.74, 6) is -2.18. The van der Waals surface area contributed by atoms with Gasteiger partial charge in [-0.25, -0.2) is 9.18 Å². The number of benzene rings is 1. The first kappa shape index (κ1) is 20.2.